The number of benzene rings is 2. The van der Waals surface area contributed by atoms with Gasteiger partial charge < -0.3 is 25.4 Å². The number of aromatic nitrogens is 5. The van der Waals surface area contributed by atoms with Crippen LogP contribution >= 0.6 is 0 Å². The van der Waals surface area contributed by atoms with E-state index in [1.165, 1.54) is 0 Å². The first kappa shape index (κ1) is 21.7. The van der Waals surface area contributed by atoms with Crippen molar-refractivity contribution in [1.29, 1.82) is 0 Å². The second-order valence-electron chi connectivity index (χ2n) is 8.09. The van der Waals surface area contributed by atoms with Gasteiger partial charge in [-0.15, -0.1) is 5.10 Å². The molecular weight excluding hydrogens is 436 g/mol. The number of nitrogens with zero attached hydrogens (tertiary/aromatic N) is 4. The lowest BCUT2D eigenvalue weighted by molar-refractivity contribution is -0.123. The molecule has 3 heterocycles. The number of methoxy groups -OCH3 is 1. The van der Waals surface area contributed by atoms with E-state index in [0.717, 1.165) is 41.7 Å². The third kappa shape index (κ3) is 4.64. The molecule has 11 heteroatoms. The van der Waals surface area contributed by atoms with Gasteiger partial charge >= 0.3 is 0 Å². The normalized spacial score (nSPS) is 15.4. The van der Waals surface area contributed by atoms with Crippen molar-refractivity contribution in [2.24, 2.45) is 7.05 Å². The third-order valence-electron chi connectivity index (χ3n) is 5.67. The molecule has 1 fully saturated rings. The Hall–Kier alpha value is -4.12. The summed E-state index contributed by atoms with van der Waals surface area (Å²) < 4.78 is 12.9. The van der Waals surface area contributed by atoms with Crippen LogP contribution in [0.1, 0.15) is 6.42 Å². The maximum Gasteiger partial charge on any atom is 0.258 e. The highest BCUT2D eigenvalue weighted by Gasteiger charge is 2.18. The molecule has 4 N–H and O–H groups in total. The third-order valence-corrected chi connectivity index (χ3v) is 5.67. The van der Waals surface area contributed by atoms with Gasteiger partial charge in [0.1, 0.15) is 0 Å². The van der Waals surface area contributed by atoms with Crippen LogP contribution in [0.15, 0.2) is 42.6 Å². The van der Waals surface area contributed by atoms with Gasteiger partial charge in [0.05, 0.1) is 18.8 Å². The number of nitrogens with one attached hydrogen (secondary N) is 4. The number of hydrogen-bond acceptors (Lipinski definition) is 8. The van der Waals surface area contributed by atoms with Crippen LogP contribution in [0, 0.1) is 0 Å². The Bertz CT molecular complexity index is 1310. The fraction of sp³-hybridized carbons (Fsp3) is 0.304. The van der Waals surface area contributed by atoms with E-state index in [1.54, 1.807) is 30.1 Å². The highest BCUT2D eigenvalue weighted by Crippen LogP contribution is 2.32. The summed E-state index contributed by atoms with van der Waals surface area (Å²) >= 11 is 0. The molecule has 0 aliphatic carbocycles. The molecule has 1 unspecified atom stereocenters. The number of ether oxygens (including phenoxy) is 2. The standard InChI is InChI=1S/C23H26N8O3/c1-31-23(27-16-4-5-18-15(9-16)11-25-29-18)28-22(30-31)14-3-6-19(20(10-14)33-2)34-13-21(32)26-17-7-8-24-12-17/h3-6,9-11,17,24H,7-8,12-13H2,1-2H3,(H,25,29)(H,26,32)(H,27,28,30). The highest BCUT2D eigenvalue weighted by atomic mass is 16.5. The molecule has 176 valence electrons. The Kier molecular flexibility index (Phi) is 6.00. The van der Waals surface area contributed by atoms with Gasteiger partial charge in [-0.25, -0.2) is 4.68 Å². The molecule has 4 aromatic rings. The molecule has 2 aromatic heterocycles. The van der Waals surface area contributed by atoms with Gasteiger partial charge in [-0.3, -0.25) is 9.89 Å². The van der Waals surface area contributed by atoms with Crippen molar-refractivity contribution in [3.05, 3.63) is 42.6 Å². The SMILES string of the molecule is COc1cc(-c2nc(Nc3ccc4[nH]ncc4c3)n(C)n2)ccc1OCC(=O)NC1CCNC1. The average molecular weight is 463 g/mol. The lowest BCUT2D eigenvalue weighted by Gasteiger charge is -2.14. The largest absolute Gasteiger partial charge is 0.493 e. The summed E-state index contributed by atoms with van der Waals surface area (Å²) in [6.45, 7) is 1.62. The van der Waals surface area contributed by atoms with E-state index in [0.29, 0.717) is 23.3 Å². The fourth-order valence-corrected chi connectivity index (χ4v) is 3.88. The number of aryl methyl sites for hydroxylation is 1. The fourth-order valence-electron chi connectivity index (χ4n) is 3.88. The molecule has 0 spiro atoms. The van der Waals surface area contributed by atoms with Gasteiger partial charge in [0.25, 0.3) is 5.91 Å². The van der Waals surface area contributed by atoms with Crippen molar-refractivity contribution in [2.45, 2.75) is 12.5 Å². The van der Waals surface area contributed by atoms with Gasteiger partial charge in [-0.1, -0.05) is 0 Å². The van der Waals surface area contributed by atoms with Crippen molar-refractivity contribution in [3.63, 3.8) is 0 Å². The minimum atomic E-state index is -0.157. The second kappa shape index (κ2) is 9.40. The number of carbonyl (C=O) groups is 1. The molecule has 1 saturated heterocycles. The van der Waals surface area contributed by atoms with Crippen LogP contribution in [0.2, 0.25) is 0 Å². The number of aromatic amines is 1. The summed E-state index contributed by atoms with van der Waals surface area (Å²) in [5, 5.41) is 22.0. The summed E-state index contributed by atoms with van der Waals surface area (Å²) in [5.74, 6) is 1.95. The maximum absolute atomic E-state index is 12.2. The predicted octanol–water partition coefficient (Wildman–Crippen LogP) is 1.97. The van der Waals surface area contributed by atoms with E-state index in [2.05, 4.69) is 36.2 Å². The smallest absolute Gasteiger partial charge is 0.258 e. The van der Waals surface area contributed by atoms with E-state index in [4.69, 9.17) is 9.47 Å². The Morgan fingerprint density at radius 1 is 1.24 bits per heavy atom. The lowest BCUT2D eigenvalue weighted by atomic mass is 10.2. The first-order valence-corrected chi connectivity index (χ1v) is 11.0. The second-order valence-corrected chi connectivity index (χ2v) is 8.09. The summed E-state index contributed by atoms with van der Waals surface area (Å²) in [6, 6.07) is 11.4. The molecule has 0 bridgehead atoms. The molecule has 5 rings (SSSR count). The molecule has 0 saturated carbocycles. The van der Waals surface area contributed by atoms with Crippen LogP contribution in [0.25, 0.3) is 22.3 Å². The quantitative estimate of drug-likeness (QED) is 0.313. The zero-order chi connectivity index (χ0) is 23.5. The van der Waals surface area contributed by atoms with Crippen molar-refractivity contribution < 1.29 is 14.3 Å². The molecular formula is C23H26N8O3. The number of rotatable bonds is 8. The molecule has 34 heavy (non-hydrogen) atoms. The molecule has 2 aromatic carbocycles. The number of carbonyl (C=O) groups excluding carboxylic acids is 1. The number of fused-ring (bicyclic) bond motifs is 1. The highest BCUT2D eigenvalue weighted by molar-refractivity contribution is 5.82. The van der Waals surface area contributed by atoms with Gasteiger partial charge in [-0.2, -0.15) is 10.1 Å². The Balaban J connectivity index is 1.28. The number of anilines is 2. The Labute approximate surface area is 195 Å². The lowest BCUT2D eigenvalue weighted by Crippen LogP contribution is -2.39. The Morgan fingerprint density at radius 2 is 2.15 bits per heavy atom. The van der Waals surface area contributed by atoms with Gasteiger partial charge in [0, 0.05) is 36.3 Å². The van der Waals surface area contributed by atoms with Gasteiger partial charge in [0.15, 0.2) is 23.9 Å². The average Bonchev–Trinajstić information content (AvgIpc) is 3.59. The molecule has 11 nitrogen and oxygen atoms in total. The number of amides is 1. The zero-order valence-electron chi connectivity index (χ0n) is 19.0. The molecule has 1 aliphatic heterocycles. The summed E-state index contributed by atoms with van der Waals surface area (Å²) in [5.41, 5.74) is 2.61. The maximum atomic E-state index is 12.2. The molecule has 1 amide bonds. The van der Waals surface area contributed by atoms with Crippen molar-refractivity contribution >= 4 is 28.4 Å². The van der Waals surface area contributed by atoms with Crippen LogP contribution < -0.4 is 25.4 Å². The van der Waals surface area contributed by atoms with Crippen molar-refractivity contribution in [2.75, 3.05) is 32.1 Å². The van der Waals surface area contributed by atoms with E-state index >= 15 is 0 Å². The van der Waals surface area contributed by atoms with Gasteiger partial charge in [-0.05, 0) is 49.4 Å². The van der Waals surface area contributed by atoms with Crippen LogP contribution in [0.5, 0.6) is 11.5 Å². The van der Waals surface area contributed by atoms with Crippen LogP contribution in [0.3, 0.4) is 0 Å². The number of hydrogen-bond donors (Lipinski definition) is 4. The predicted molar refractivity (Wildman–Crippen MR) is 127 cm³/mol. The first-order valence-electron chi connectivity index (χ1n) is 11.0. The van der Waals surface area contributed by atoms with Crippen LogP contribution in [-0.4, -0.2) is 63.7 Å². The summed E-state index contributed by atoms with van der Waals surface area (Å²) in [7, 11) is 3.38. The van der Waals surface area contributed by atoms with Crippen molar-refractivity contribution in [1.82, 2.24) is 35.6 Å². The van der Waals surface area contributed by atoms with Crippen LogP contribution in [-0.2, 0) is 11.8 Å². The number of H-pyrrole nitrogens is 1. The summed E-state index contributed by atoms with van der Waals surface area (Å²) in [6.07, 6.45) is 2.70. The van der Waals surface area contributed by atoms with E-state index in [-0.39, 0.29) is 18.6 Å². The summed E-state index contributed by atoms with van der Waals surface area (Å²) in [4.78, 5) is 16.8. The molecule has 1 atom stereocenters. The topological polar surface area (TPSA) is 131 Å². The zero-order valence-corrected chi connectivity index (χ0v) is 19.0. The molecule has 1 aliphatic rings. The van der Waals surface area contributed by atoms with Gasteiger partial charge in [0.2, 0.25) is 5.95 Å². The van der Waals surface area contributed by atoms with E-state index in [9.17, 15) is 4.79 Å². The minimum Gasteiger partial charge on any atom is -0.493 e. The Morgan fingerprint density at radius 3 is 2.97 bits per heavy atom. The molecule has 0 radical (unpaired) electrons. The van der Waals surface area contributed by atoms with Crippen LogP contribution in [0.4, 0.5) is 11.6 Å². The monoisotopic (exact) mass is 462 g/mol. The van der Waals surface area contributed by atoms with E-state index in [1.807, 2.05) is 31.3 Å². The van der Waals surface area contributed by atoms with E-state index < -0.39 is 0 Å². The first-order chi connectivity index (χ1) is 16.6. The minimum absolute atomic E-state index is 0.0802. The van der Waals surface area contributed by atoms with Crippen molar-refractivity contribution in [3.8, 4) is 22.9 Å².